The largest absolute Gasteiger partial charge is 0.481 e. The number of nitrogens with two attached hydrogens (primary N) is 1. The zero-order valence-electron chi connectivity index (χ0n) is 57.3. The van der Waals surface area contributed by atoms with Gasteiger partial charge >= 0.3 is 11.9 Å². The fourth-order valence-corrected chi connectivity index (χ4v) is 13.5. The number of benzene rings is 3. The number of likely N-dealkylation sites (tertiary alicyclic amines) is 2. The van der Waals surface area contributed by atoms with E-state index in [0.29, 0.717) is 30.4 Å². The summed E-state index contributed by atoms with van der Waals surface area (Å²) in [6, 6.07) is 12.7. The van der Waals surface area contributed by atoms with Crippen molar-refractivity contribution in [3.05, 3.63) is 108 Å². The van der Waals surface area contributed by atoms with Gasteiger partial charge in [-0.2, -0.15) is 12.6 Å². The monoisotopic (exact) mass is 1390 g/mol. The maximum absolute atomic E-state index is 15.5. The van der Waals surface area contributed by atoms with E-state index in [9.17, 15) is 63.3 Å². The Morgan fingerprint density at radius 1 is 0.606 bits per heavy atom. The number of hydrogen-bond donors (Lipinski definition) is 12. The van der Waals surface area contributed by atoms with Crippen molar-refractivity contribution in [2.24, 2.45) is 23.5 Å². The fourth-order valence-electron chi connectivity index (χ4n) is 13.3. The van der Waals surface area contributed by atoms with E-state index in [4.69, 9.17) is 5.73 Å². The van der Waals surface area contributed by atoms with Crippen molar-refractivity contribution < 1.29 is 77.6 Å². The summed E-state index contributed by atoms with van der Waals surface area (Å²) in [6.07, 6.45) is 2.35. The zero-order valence-corrected chi connectivity index (χ0v) is 58.2. The highest BCUT2D eigenvalue weighted by Crippen LogP contribution is 2.32. The van der Waals surface area contributed by atoms with Crippen molar-refractivity contribution >= 4 is 89.5 Å². The number of β-amino-alcohol motifs (C(OH)–C–C–N with tert-alkyl or cyclic N) is 1. The lowest BCUT2D eigenvalue weighted by molar-refractivity contribution is -0.146. The Hall–Kier alpha value is -8.92. The summed E-state index contributed by atoms with van der Waals surface area (Å²) in [5.41, 5.74) is 7.51. The molecule has 2 saturated heterocycles. The Bertz CT molecular complexity index is 3230. The molecule has 12 atom stereocenters. The van der Waals surface area contributed by atoms with Crippen molar-refractivity contribution in [3.8, 4) is 0 Å². The summed E-state index contributed by atoms with van der Waals surface area (Å²) >= 11 is 4.54. The summed E-state index contributed by atoms with van der Waals surface area (Å²) in [7, 11) is 1.43. The minimum atomic E-state index is -1.72. The second-order valence-electron chi connectivity index (χ2n) is 26.7. The van der Waals surface area contributed by atoms with Gasteiger partial charge < -0.3 is 73.0 Å². The van der Waals surface area contributed by atoms with Gasteiger partial charge in [0.2, 0.25) is 65.0 Å². The standard InChI is InChI=1S/C71H99N11O16S/c1-7-42(4)60(78-68(95)61(59(46-25-16-10-17-26-46)47-27-18-11-19-28-47)79-63(90)49(32-33-57(85)86)74-64(91)52(38-58(87)88)73-43(5)83)71(98)80(6)55(36-45-23-14-9-15-24-45)66(93)77-53(40-99)70(97)81-34-20-29-54(81)65(92)75-50(31-30-44-21-12-8-13-22-44)69(96)82-39-48(84)37-56(82)67(94)76-51(62(72)89)35-41(2)3/h8,10-13,16-19,21-22,25-28,41-42,45,48-56,59-61,84,99H,7,9,14-15,20,23-24,29-40H2,1-6H3,(H2,72,89)(H,73,83)(H,74,91)(H,75,92)(H,76,94)(H,77,93)(H,78,95)(H,79,90)(H,85,86)(H,87,88)/t42-,48?,49-,50-,51-,52-,53-,54-,55-,56-,60-,61-/m0/s1. The van der Waals surface area contributed by atoms with Gasteiger partial charge in [-0.15, -0.1) is 0 Å². The fraction of sp³-hybridized carbons (Fsp3) is 0.563. The summed E-state index contributed by atoms with van der Waals surface area (Å²) < 4.78 is 0. The van der Waals surface area contributed by atoms with E-state index >= 15 is 14.4 Å². The highest BCUT2D eigenvalue weighted by molar-refractivity contribution is 7.80. The van der Waals surface area contributed by atoms with Crippen LogP contribution in [0.2, 0.25) is 0 Å². The quantitative estimate of drug-likeness (QED) is 0.0372. The Balaban J connectivity index is 1.28. The number of nitrogens with one attached hydrogen (secondary N) is 7. The van der Waals surface area contributed by atoms with Crippen molar-refractivity contribution in [3.63, 3.8) is 0 Å². The third-order valence-electron chi connectivity index (χ3n) is 18.8. The van der Waals surface area contributed by atoms with E-state index in [-0.39, 0.29) is 62.8 Å². The number of carbonyl (C=O) groups excluding carboxylic acids is 11. The van der Waals surface area contributed by atoms with Crippen molar-refractivity contribution in [1.82, 2.24) is 51.9 Å². The van der Waals surface area contributed by atoms with Crippen LogP contribution in [0.4, 0.5) is 0 Å². The lowest BCUT2D eigenvalue weighted by atomic mass is 9.83. The molecule has 3 fully saturated rings. The van der Waals surface area contributed by atoms with Crippen LogP contribution in [0, 0.1) is 17.8 Å². The van der Waals surface area contributed by atoms with E-state index < -0.39 is 175 Å². The van der Waals surface area contributed by atoms with Gasteiger partial charge in [0.25, 0.3) is 0 Å². The molecule has 99 heavy (non-hydrogen) atoms. The molecule has 0 aromatic heterocycles. The normalized spacial score (nSPS) is 18.9. The molecule has 28 heteroatoms. The molecule has 3 aromatic carbocycles. The Morgan fingerprint density at radius 3 is 1.72 bits per heavy atom. The van der Waals surface area contributed by atoms with Gasteiger partial charge in [0.05, 0.1) is 12.5 Å². The van der Waals surface area contributed by atoms with Crippen molar-refractivity contribution in [2.45, 2.75) is 210 Å². The average molecular weight is 1390 g/mol. The Morgan fingerprint density at radius 2 is 1.16 bits per heavy atom. The van der Waals surface area contributed by atoms with Crippen LogP contribution >= 0.6 is 12.6 Å². The number of carboxylic acid groups (broad SMARTS) is 2. The molecule has 1 saturated carbocycles. The zero-order chi connectivity index (χ0) is 72.6. The maximum atomic E-state index is 15.5. The van der Waals surface area contributed by atoms with Crippen LogP contribution in [0.15, 0.2) is 91.0 Å². The molecule has 12 N–H and O–H groups in total. The molecule has 540 valence electrons. The second kappa shape index (κ2) is 38.4. The lowest BCUT2D eigenvalue weighted by Crippen LogP contribution is -2.62. The number of hydrogen-bond acceptors (Lipinski definition) is 15. The molecule has 2 heterocycles. The number of primary amides is 1. The molecule has 6 rings (SSSR count). The molecular weight excluding hydrogens is 1290 g/mol. The molecule has 2 aliphatic heterocycles. The first-order valence-corrected chi connectivity index (χ1v) is 34.9. The predicted molar refractivity (Wildman–Crippen MR) is 368 cm³/mol. The molecule has 0 spiro atoms. The molecule has 1 unspecified atom stereocenters. The molecule has 3 aromatic rings. The SMILES string of the molecule is CC[C@H](C)[C@H](NC(=O)[C@@H](NC(=O)[C@H](CCC(=O)O)NC(=O)[C@H](CC(=O)O)NC(C)=O)C(c1ccccc1)c1ccccc1)C(=O)N(C)[C@@H](CC1CCCCC1)C(=O)N[C@@H](CS)C(=O)N1CCC[C@H]1C(=O)N[C@@H](CCc1ccccc1)C(=O)N1CC(O)C[C@H]1C(=O)N[C@@H](CC(C)C)C(N)=O. The van der Waals surface area contributed by atoms with E-state index in [1.165, 1.54) is 21.7 Å². The smallest absolute Gasteiger partial charge is 0.305 e. The van der Waals surface area contributed by atoms with Gasteiger partial charge in [-0.25, -0.2) is 0 Å². The Kier molecular flexibility index (Phi) is 30.7. The van der Waals surface area contributed by atoms with E-state index in [1.54, 1.807) is 74.5 Å². The summed E-state index contributed by atoms with van der Waals surface area (Å²) in [5, 5.41) is 48.9. The first-order chi connectivity index (χ1) is 47.1. The van der Waals surface area contributed by atoms with Crippen LogP contribution in [0.1, 0.15) is 154 Å². The van der Waals surface area contributed by atoms with E-state index in [1.807, 2.05) is 44.2 Å². The van der Waals surface area contributed by atoms with E-state index in [0.717, 1.165) is 44.6 Å². The number of aryl methyl sites for hydroxylation is 1. The number of thiol groups is 1. The molecule has 11 amide bonds. The topological polar surface area (TPSA) is 403 Å². The molecule has 0 radical (unpaired) electrons. The number of aliphatic carboxylic acids is 2. The van der Waals surface area contributed by atoms with Crippen LogP contribution in [0.5, 0.6) is 0 Å². The number of nitrogens with zero attached hydrogens (tertiary/aromatic N) is 3. The summed E-state index contributed by atoms with van der Waals surface area (Å²) in [4.78, 5) is 185. The number of carbonyl (C=O) groups is 13. The average Bonchev–Trinajstić information content (AvgIpc) is 1.78. The third kappa shape index (κ3) is 23.1. The van der Waals surface area contributed by atoms with Crippen molar-refractivity contribution in [2.75, 3.05) is 25.9 Å². The van der Waals surface area contributed by atoms with Gasteiger partial charge in [-0.05, 0) is 79.4 Å². The van der Waals surface area contributed by atoms with Gasteiger partial charge in [0, 0.05) is 51.6 Å². The molecular formula is C71H99N11O16S. The van der Waals surface area contributed by atoms with Gasteiger partial charge in [0.15, 0.2) is 0 Å². The molecule has 27 nitrogen and oxygen atoms in total. The van der Waals surface area contributed by atoms with Crippen LogP contribution in [0.25, 0.3) is 0 Å². The predicted octanol–water partition coefficient (Wildman–Crippen LogP) is 2.46. The minimum absolute atomic E-state index is 0.0244. The molecule has 3 aliphatic rings. The van der Waals surface area contributed by atoms with Crippen LogP contribution < -0.4 is 43.0 Å². The molecule has 1 aliphatic carbocycles. The number of carboxylic acids is 2. The van der Waals surface area contributed by atoms with Crippen molar-refractivity contribution in [1.29, 1.82) is 0 Å². The van der Waals surface area contributed by atoms with Gasteiger partial charge in [-0.3, -0.25) is 62.3 Å². The number of likely N-dealkylation sites (N-methyl/N-ethyl adjacent to an activating group) is 1. The highest BCUT2D eigenvalue weighted by atomic mass is 32.1. The summed E-state index contributed by atoms with van der Waals surface area (Å²) in [6.45, 7) is 8.10. The number of aliphatic hydroxyl groups excluding tert-OH is 1. The lowest BCUT2D eigenvalue weighted by Gasteiger charge is -2.37. The second-order valence-corrected chi connectivity index (χ2v) is 27.1. The first kappa shape index (κ1) is 79.1. The highest BCUT2D eigenvalue weighted by Gasteiger charge is 2.46. The number of rotatable bonds is 36. The van der Waals surface area contributed by atoms with Crippen LogP contribution in [0.3, 0.4) is 0 Å². The maximum Gasteiger partial charge on any atom is 0.305 e. The third-order valence-corrected chi connectivity index (χ3v) is 19.2. The van der Waals surface area contributed by atoms with Gasteiger partial charge in [0.1, 0.15) is 60.4 Å². The summed E-state index contributed by atoms with van der Waals surface area (Å²) in [5.74, 6) is -13.6. The van der Waals surface area contributed by atoms with E-state index in [2.05, 4.69) is 49.8 Å². The van der Waals surface area contributed by atoms with Crippen LogP contribution in [-0.2, 0) is 68.7 Å². The number of amides is 11. The first-order valence-electron chi connectivity index (χ1n) is 34.2. The van der Waals surface area contributed by atoms with Crippen LogP contribution in [-0.4, -0.2) is 199 Å². The minimum Gasteiger partial charge on any atom is -0.481 e. The number of aliphatic hydroxyl groups is 1. The van der Waals surface area contributed by atoms with Gasteiger partial charge in [-0.1, -0.05) is 157 Å². The Labute approximate surface area is 583 Å². The molecule has 0 bridgehead atoms.